The SMILES string of the molecule is O=C(c1cnn2c(C(F)F)cc(C3CC3)nc12)N1CCN(S(=O)(=O)c2ccccc2)CC1. The lowest BCUT2D eigenvalue weighted by molar-refractivity contribution is 0.0699. The number of piperazine rings is 1. The second kappa shape index (κ2) is 7.89. The summed E-state index contributed by atoms with van der Waals surface area (Å²) in [6.45, 7) is 0.662. The number of rotatable bonds is 5. The van der Waals surface area contributed by atoms with E-state index in [4.69, 9.17) is 0 Å². The Morgan fingerprint density at radius 3 is 2.38 bits per heavy atom. The van der Waals surface area contributed by atoms with Gasteiger partial charge in [0.1, 0.15) is 11.3 Å². The maximum Gasteiger partial charge on any atom is 0.280 e. The molecule has 1 saturated heterocycles. The highest BCUT2D eigenvalue weighted by Gasteiger charge is 2.33. The first-order chi connectivity index (χ1) is 15.4. The summed E-state index contributed by atoms with van der Waals surface area (Å²) in [6.07, 6.45) is 0.301. The monoisotopic (exact) mass is 461 g/mol. The first-order valence-electron chi connectivity index (χ1n) is 10.4. The van der Waals surface area contributed by atoms with Crippen LogP contribution in [0.15, 0.2) is 47.5 Å². The first kappa shape index (κ1) is 21.0. The topological polar surface area (TPSA) is 87.9 Å². The van der Waals surface area contributed by atoms with Gasteiger partial charge in [-0.15, -0.1) is 0 Å². The van der Waals surface area contributed by atoms with E-state index in [1.807, 2.05) is 0 Å². The second-order valence-corrected chi connectivity index (χ2v) is 9.92. The number of alkyl halides is 2. The summed E-state index contributed by atoms with van der Waals surface area (Å²) in [5, 5.41) is 3.99. The maximum absolute atomic E-state index is 13.6. The summed E-state index contributed by atoms with van der Waals surface area (Å²) in [7, 11) is -3.64. The van der Waals surface area contributed by atoms with E-state index in [0.717, 1.165) is 17.4 Å². The van der Waals surface area contributed by atoms with Gasteiger partial charge < -0.3 is 4.90 Å². The van der Waals surface area contributed by atoms with Gasteiger partial charge in [-0.3, -0.25) is 4.79 Å². The van der Waals surface area contributed by atoms with Gasteiger partial charge in [0, 0.05) is 37.8 Å². The number of sulfonamides is 1. The number of benzene rings is 1. The number of halogens is 2. The van der Waals surface area contributed by atoms with E-state index in [1.165, 1.54) is 33.6 Å². The fourth-order valence-corrected chi connectivity index (χ4v) is 5.39. The molecule has 5 rings (SSSR count). The summed E-state index contributed by atoms with van der Waals surface area (Å²) in [5.74, 6) is -0.250. The van der Waals surface area contributed by atoms with E-state index in [1.54, 1.807) is 18.2 Å². The number of carbonyl (C=O) groups is 1. The van der Waals surface area contributed by atoms with Crippen molar-refractivity contribution in [2.45, 2.75) is 30.1 Å². The molecule has 0 atom stereocenters. The fraction of sp³-hybridized carbons (Fsp3) is 0.381. The van der Waals surface area contributed by atoms with Crippen molar-refractivity contribution in [2.75, 3.05) is 26.2 Å². The third-order valence-corrected chi connectivity index (χ3v) is 7.79. The first-order valence-corrected chi connectivity index (χ1v) is 11.8. The molecule has 2 aliphatic rings. The zero-order valence-electron chi connectivity index (χ0n) is 17.1. The molecule has 2 fully saturated rings. The molecule has 3 heterocycles. The van der Waals surface area contributed by atoms with Crippen molar-refractivity contribution in [1.82, 2.24) is 23.8 Å². The summed E-state index contributed by atoms with van der Waals surface area (Å²) in [5.41, 5.74) is 0.540. The van der Waals surface area contributed by atoms with Crippen molar-refractivity contribution in [3.8, 4) is 0 Å². The lowest BCUT2D eigenvalue weighted by atomic mass is 10.2. The Hall–Kier alpha value is -2.92. The number of carbonyl (C=O) groups excluding carboxylic acids is 1. The molecular weight excluding hydrogens is 440 g/mol. The number of fused-ring (bicyclic) bond motifs is 1. The molecular formula is C21H21F2N5O3S. The average Bonchev–Trinajstić information content (AvgIpc) is 3.58. The van der Waals surface area contributed by atoms with Crippen molar-refractivity contribution < 1.29 is 22.0 Å². The van der Waals surface area contributed by atoms with Crippen LogP contribution in [0.1, 0.15) is 46.9 Å². The van der Waals surface area contributed by atoms with Crippen LogP contribution in [0.3, 0.4) is 0 Å². The Kier molecular flexibility index (Phi) is 5.17. The predicted octanol–water partition coefficient (Wildman–Crippen LogP) is 2.69. The van der Waals surface area contributed by atoms with Crippen molar-refractivity contribution in [2.24, 2.45) is 0 Å². The Bertz CT molecular complexity index is 1270. The molecule has 2 aromatic heterocycles. The molecule has 1 aliphatic heterocycles. The van der Waals surface area contributed by atoms with Gasteiger partial charge >= 0.3 is 0 Å². The van der Waals surface area contributed by atoms with Crippen LogP contribution in [0.5, 0.6) is 0 Å². The average molecular weight is 461 g/mol. The third-order valence-electron chi connectivity index (χ3n) is 5.88. The highest BCUT2D eigenvalue weighted by atomic mass is 32.2. The molecule has 8 nitrogen and oxygen atoms in total. The van der Waals surface area contributed by atoms with E-state index in [-0.39, 0.29) is 53.9 Å². The molecule has 168 valence electrons. The Balaban J connectivity index is 1.38. The number of hydrogen-bond donors (Lipinski definition) is 0. The zero-order valence-corrected chi connectivity index (χ0v) is 17.9. The fourth-order valence-electron chi connectivity index (χ4n) is 3.94. The molecule has 32 heavy (non-hydrogen) atoms. The smallest absolute Gasteiger partial charge is 0.280 e. The van der Waals surface area contributed by atoms with E-state index in [9.17, 15) is 22.0 Å². The lowest BCUT2D eigenvalue weighted by Gasteiger charge is -2.33. The third kappa shape index (κ3) is 3.65. The maximum atomic E-state index is 13.6. The van der Waals surface area contributed by atoms with Gasteiger partial charge in [0.2, 0.25) is 10.0 Å². The van der Waals surface area contributed by atoms with Crippen LogP contribution >= 0.6 is 0 Å². The molecule has 1 saturated carbocycles. The molecule has 1 aliphatic carbocycles. The van der Waals surface area contributed by atoms with Crippen LogP contribution < -0.4 is 0 Å². The molecule has 0 N–H and O–H groups in total. The molecule has 0 unspecified atom stereocenters. The van der Waals surface area contributed by atoms with Gasteiger partial charge in [-0.2, -0.15) is 9.40 Å². The van der Waals surface area contributed by atoms with Gasteiger partial charge in [0.25, 0.3) is 12.3 Å². The highest BCUT2D eigenvalue weighted by molar-refractivity contribution is 7.89. The molecule has 1 aromatic carbocycles. The Morgan fingerprint density at radius 2 is 1.75 bits per heavy atom. The van der Waals surface area contributed by atoms with Gasteiger partial charge in [-0.25, -0.2) is 26.7 Å². The molecule has 3 aromatic rings. The summed E-state index contributed by atoms with van der Waals surface area (Å²) in [4.78, 5) is 19.3. The zero-order chi connectivity index (χ0) is 22.5. The summed E-state index contributed by atoms with van der Waals surface area (Å²) < 4.78 is 55.1. The molecule has 0 bridgehead atoms. The van der Waals surface area contributed by atoms with Crippen molar-refractivity contribution in [3.05, 3.63) is 59.5 Å². The van der Waals surface area contributed by atoms with Crippen LogP contribution in [0.4, 0.5) is 8.78 Å². The summed E-state index contributed by atoms with van der Waals surface area (Å²) >= 11 is 0. The molecule has 0 spiro atoms. The van der Waals surface area contributed by atoms with Crippen LogP contribution in [-0.2, 0) is 10.0 Å². The van der Waals surface area contributed by atoms with Crippen LogP contribution in [-0.4, -0.2) is 64.3 Å². The van der Waals surface area contributed by atoms with Gasteiger partial charge in [-0.05, 0) is 31.0 Å². The lowest BCUT2D eigenvalue weighted by Crippen LogP contribution is -2.50. The quantitative estimate of drug-likeness (QED) is 0.583. The van der Waals surface area contributed by atoms with E-state index < -0.39 is 22.4 Å². The number of hydrogen-bond acceptors (Lipinski definition) is 5. The minimum atomic E-state index is -3.64. The molecule has 0 radical (unpaired) electrons. The van der Waals surface area contributed by atoms with Crippen molar-refractivity contribution >= 4 is 21.6 Å². The van der Waals surface area contributed by atoms with Crippen LogP contribution in [0.2, 0.25) is 0 Å². The van der Waals surface area contributed by atoms with Crippen LogP contribution in [0.25, 0.3) is 5.65 Å². The van der Waals surface area contributed by atoms with Crippen molar-refractivity contribution in [1.29, 1.82) is 0 Å². The minimum Gasteiger partial charge on any atom is -0.336 e. The highest BCUT2D eigenvalue weighted by Crippen LogP contribution is 2.40. The molecule has 11 heteroatoms. The van der Waals surface area contributed by atoms with E-state index >= 15 is 0 Å². The van der Waals surface area contributed by atoms with Gasteiger partial charge in [-0.1, -0.05) is 18.2 Å². The number of aromatic nitrogens is 3. The van der Waals surface area contributed by atoms with E-state index in [0.29, 0.717) is 5.69 Å². The number of nitrogens with zero attached hydrogens (tertiary/aromatic N) is 5. The molecule has 1 amide bonds. The van der Waals surface area contributed by atoms with Gasteiger partial charge in [0.15, 0.2) is 5.65 Å². The van der Waals surface area contributed by atoms with Crippen molar-refractivity contribution in [3.63, 3.8) is 0 Å². The Labute approximate surface area is 183 Å². The Morgan fingerprint density at radius 1 is 1.06 bits per heavy atom. The number of amides is 1. The predicted molar refractivity (Wildman–Crippen MR) is 111 cm³/mol. The van der Waals surface area contributed by atoms with Gasteiger partial charge in [0.05, 0.1) is 11.1 Å². The standard InChI is InChI=1S/C21H21F2N5O3S/c22-19(23)18-12-17(14-6-7-14)25-20-16(13-24-28(18)20)21(29)26-8-10-27(11-9-26)32(30,31)15-4-2-1-3-5-15/h1-5,12-14,19H,6-11H2. The minimum absolute atomic E-state index is 0.119. The largest absolute Gasteiger partial charge is 0.336 e. The van der Waals surface area contributed by atoms with E-state index in [2.05, 4.69) is 10.1 Å². The van der Waals surface area contributed by atoms with Crippen LogP contribution in [0, 0.1) is 0 Å². The summed E-state index contributed by atoms with van der Waals surface area (Å²) in [6, 6.07) is 9.51. The second-order valence-electron chi connectivity index (χ2n) is 7.98. The normalized spacial score (nSPS) is 17.9.